The summed E-state index contributed by atoms with van der Waals surface area (Å²) < 4.78 is 5.31. The Morgan fingerprint density at radius 1 is 1.04 bits per heavy atom. The van der Waals surface area contributed by atoms with Crippen LogP contribution >= 0.6 is 0 Å². The second kappa shape index (κ2) is 7.09. The maximum Gasteiger partial charge on any atom is 0.411 e. The summed E-state index contributed by atoms with van der Waals surface area (Å²) in [6, 6.07) is -2.08. The molecule has 2 atom stereocenters. The Morgan fingerprint density at radius 3 is 1.92 bits per heavy atom. The van der Waals surface area contributed by atoms with E-state index >= 15 is 0 Å². The van der Waals surface area contributed by atoms with Crippen molar-refractivity contribution < 1.29 is 24.2 Å². The predicted octanol–water partition coefficient (Wildman–Crippen LogP) is 2.23. The van der Waals surface area contributed by atoms with Gasteiger partial charge in [0.15, 0.2) is 6.04 Å². The van der Waals surface area contributed by atoms with E-state index in [0.29, 0.717) is 0 Å². The van der Waals surface area contributed by atoms with Crippen LogP contribution in [0.25, 0.3) is 0 Å². The van der Waals surface area contributed by atoms with Crippen molar-refractivity contribution in [3.63, 3.8) is 0 Å². The number of carboxylic acids is 1. The minimum atomic E-state index is -1.16. The second-order valence-corrected chi connectivity index (χ2v) is 8.40. The van der Waals surface area contributed by atoms with E-state index in [1.54, 1.807) is 39.6 Å². The van der Waals surface area contributed by atoms with Crippen LogP contribution in [0.3, 0.4) is 0 Å². The molecule has 0 saturated carbocycles. The molecule has 0 aromatic carbocycles. The molecule has 1 saturated heterocycles. The number of piperazine rings is 1. The van der Waals surface area contributed by atoms with E-state index in [1.807, 2.05) is 20.8 Å². The minimum Gasteiger partial charge on any atom is -0.480 e. The fourth-order valence-corrected chi connectivity index (χ4v) is 2.60. The van der Waals surface area contributed by atoms with E-state index in [-0.39, 0.29) is 19.1 Å². The number of rotatable bonds is 1. The average Bonchev–Trinajstić information content (AvgIpc) is 2.41. The van der Waals surface area contributed by atoms with Gasteiger partial charge in [-0.3, -0.25) is 4.90 Å². The molecule has 1 fully saturated rings. The molecule has 1 aliphatic rings. The lowest BCUT2D eigenvalue weighted by molar-refractivity contribution is -0.147. The third kappa shape index (κ3) is 4.99. The van der Waals surface area contributed by atoms with Gasteiger partial charge in [-0.05, 0) is 48.5 Å². The summed E-state index contributed by atoms with van der Waals surface area (Å²) in [4.78, 5) is 41.2. The van der Waals surface area contributed by atoms with E-state index in [1.165, 1.54) is 9.80 Å². The van der Waals surface area contributed by atoms with Gasteiger partial charge in [-0.2, -0.15) is 0 Å². The van der Waals surface area contributed by atoms with Crippen molar-refractivity contribution in [2.24, 2.45) is 0 Å². The number of hydrogen-bond acceptors (Lipinski definition) is 4. The topological polar surface area (TPSA) is 90.4 Å². The second-order valence-electron chi connectivity index (χ2n) is 8.40. The van der Waals surface area contributed by atoms with Crippen LogP contribution in [0.2, 0.25) is 0 Å². The van der Waals surface area contributed by atoms with Crippen LogP contribution in [-0.4, -0.2) is 81.3 Å². The van der Waals surface area contributed by atoms with Gasteiger partial charge in [0.05, 0.1) is 6.04 Å². The number of aliphatic carboxylic acids is 1. The van der Waals surface area contributed by atoms with Crippen molar-refractivity contribution in [3.05, 3.63) is 0 Å². The van der Waals surface area contributed by atoms with Crippen LogP contribution in [-0.2, 0) is 9.53 Å². The Balaban J connectivity index is 3.03. The van der Waals surface area contributed by atoms with E-state index in [0.717, 1.165) is 0 Å². The van der Waals surface area contributed by atoms with Crippen LogP contribution in [0.5, 0.6) is 0 Å². The van der Waals surface area contributed by atoms with Crippen LogP contribution in [0.4, 0.5) is 9.59 Å². The zero-order valence-electron chi connectivity index (χ0n) is 16.5. The summed E-state index contributed by atoms with van der Waals surface area (Å²) in [5.41, 5.74) is -1.11. The van der Waals surface area contributed by atoms with Gasteiger partial charge in [-0.15, -0.1) is 0 Å². The molecule has 0 radical (unpaired) electrons. The Labute approximate surface area is 149 Å². The monoisotopic (exact) mass is 357 g/mol. The number of amides is 3. The zero-order valence-corrected chi connectivity index (χ0v) is 16.5. The molecule has 1 aliphatic heterocycles. The lowest BCUT2D eigenvalue weighted by Gasteiger charge is -2.46. The van der Waals surface area contributed by atoms with Gasteiger partial charge < -0.3 is 19.6 Å². The van der Waals surface area contributed by atoms with E-state index in [2.05, 4.69) is 0 Å². The number of carbonyl (C=O) groups is 3. The van der Waals surface area contributed by atoms with Crippen molar-refractivity contribution in [1.29, 1.82) is 0 Å². The number of nitrogens with zero attached hydrogens (tertiary/aromatic N) is 3. The summed E-state index contributed by atoms with van der Waals surface area (Å²) in [7, 11) is 1.69. The predicted molar refractivity (Wildman–Crippen MR) is 93.4 cm³/mol. The molecular weight excluding hydrogens is 326 g/mol. The average molecular weight is 357 g/mol. The summed E-state index contributed by atoms with van der Waals surface area (Å²) >= 11 is 0. The number of urea groups is 1. The molecule has 8 nitrogen and oxygen atoms in total. The zero-order chi connectivity index (χ0) is 19.7. The molecule has 1 rings (SSSR count). The summed E-state index contributed by atoms with van der Waals surface area (Å²) in [6.45, 7) is 12.9. The van der Waals surface area contributed by atoms with Gasteiger partial charge in [-0.1, -0.05) is 0 Å². The van der Waals surface area contributed by atoms with Crippen LogP contribution in [0.15, 0.2) is 0 Å². The largest absolute Gasteiger partial charge is 0.480 e. The lowest BCUT2D eigenvalue weighted by Crippen LogP contribution is -2.66. The molecule has 0 aromatic rings. The van der Waals surface area contributed by atoms with E-state index in [9.17, 15) is 19.5 Å². The maximum atomic E-state index is 12.8. The first-order valence-electron chi connectivity index (χ1n) is 8.43. The molecule has 3 amide bonds. The van der Waals surface area contributed by atoms with Crippen LogP contribution in [0.1, 0.15) is 48.5 Å². The highest BCUT2D eigenvalue weighted by molar-refractivity contribution is 5.83. The molecule has 8 heteroatoms. The molecule has 0 aliphatic carbocycles. The molecule has 2 unspecified atom stereocenters. The molecule has 1 heterocycles. The summed E-state index contributed by atoms with van der Waals surface area (Å²) in [6.07, 6.45) is -0.678. The van der Waals surface area contributed by atoms with Crippen molar-refractivity contribution in [2.75, 3.05) is 20.1 Å². The number of ether oxygens (including phenoxy) is 1. The molecule has 1 N–H and O–H groups in total. The third-order valence-corrected chi connectivity index (χ3v) is 4.29. The Morgan fingerprint density at radius 2 is 1.52 bits per heavy atom. The van der Waals surface area contributed by atoms with E-state index < -0.39 is 35.3 Å². The molecular formula is C17H31N3O5. The van der Waals surface area contributed by atoms with Gasteiger partial charge in [0.1, 0.15) is 5.60 Å². The molecule has 25 heavy (non-hydrogen) atoms. The third-order valence-electron chi connectivity index (χ3n) is 4.29. The number of hydrogen-bond donors (Lipinski definition) is 1. The van der Waals surface area contributed by atoms with Crippen molar-refractivity contribution in [3.8, 4) is 0 Å². The van der Waals surface area contributed by atoms with Gasteiger partial charge in [0.25, 0.3) is 0 Å². The molecule has 144 valence electrons. The summed E-state index contributed by atoms with van der Waals surface area (Å²) in [5, 5.41) is 9.62. The maximum absolute atomic E-state index is 12.8. The first-order valence-corrected chi connectivity index (χ1v) is 8.43. The summed E-state index contributed by atoms with van der Waals surface area (Å²) in [5.74, 6) is -1.16. The Hall–Kier alpha value is -1.99. The lowest BCUT2D eigenvalue weighted by atomic mass is 10.0. The highest BCUT2D eigenvalue weighted by atomic mass is 16.6. The number of carboxylic acid groups (broad SMARTS) is 1. The first-order chi connectivity index (χ1) is 11.2. The van der Waals surface area contributed by atoms with Crippen LogP contribution < -0.4 is 0 Å². The molecule has 0 bridgehead atoms. The SMILES string of the molecule is CC1C(C(=O)O)N(C(=O)OC(C)(C)C)CCN1C(=O)N(C)C(C)(C)C. The fraction of sp³-hybridized carbons (Fsp3) is 0.824. The van der Waals surface area contributed by atoms with Crippen molar-refractivity contribution in [1.82, 2.24) is 14.7 Å². The Bertz CT molecular complexity index is 535. The van der Waals surface area contributed by atoms with Gasteiger partial charge in [0.2, 0.25) is 0 Å². The van der Waals surface area contributed by atoms with Gasteiger partial charge in [0, 0.05) is 25.7 Å². The fourth-order valence-electron chi connectivity index (χ4n) is 2.60. The van der Waals surface area contributed by atoms with Crippen LogP contribution in [0, 0.1) is 0 Å². The first kappa shape index (κ1) is 21.1. The van der Waals surface area contributed by atoms with Gasteiger partial charge >= 0.3 is 18.1 Å². The van der Waals surface area contributed by atoms with Gasteiger partial charge in [-0.25, -0.2) is 14.4 Å². The highest BCUT2D eigenvalue weighted by Crippen LogP contribution is 2.23. The van der Waals surface area contributed by atoms with Crippen molar-refractivity contribution >= 4 is 18.1 Å². The molecule has 0 aromatic heterocycles. The van der Waals surface area contributed by atoms with E-state index in [4.69, 9.17) is 4.74 Å². The highest BCUT2D eigenvalue weighted by Gasteiger charge is 2.45. The normalized spacial score (nSPS) is 21.8. The molecule has 0 spiro atoms. The number of carbonyl (C=O) groups excluding carboxylic acids is 2. The quantitative estimate of drug-likeness (QED) is 0.777. The Kier molecular flexibility index (Phi) is 5.97. The van der Waals surface area contributed by atoms with Crippen molar-refractivity contribution in [2.45, 2.75) is 71.7 Å². The standard InChI is InChI=1S/C17H31N3O5/c1-11-12(13(21)22)20(15(24)25-17(5,6)7)10-9-19(11)14(23)18(8)16(2,3)4/h11-12H,9-10H2,1-8H3,(H,21,22). The smallest absolute Gasteiger partial charge is 0.411 e. The minimum absolute atomic E-state index is 0.111.